The lowest BCUT2D eigenvalue weighted by atomic mass is 10.1. The first-order chi connectivity index (χ1) is 14.0. The summed E-state index contributed by atoms with van der Waals surface area (Å²) in [5.74, 6) is -0.0511. The molecule has 3 aromatic rings. The fourth-order valence-electron chi connectivity index (χ4n) is 2.95. The summed E-state index contributed by atoms with van der Waals surface area (Å²) in [6.45, 7) is 1.21. The van der Waals surface area contributed by atoms with Crippen LogP contribution < -0.4 is 22.1 Å². The predicted octanol–water partition coefficient (Wildman–Crippen LogP) is 0.985. The lowest BCUT2D eigenvalue weighted by Gasteiger charge is -2.06. The number of hydrogen-bond acceptors (Lipinski definition) is 4. The fourth-order valence-corrected chi connectivity index (χ4v) is 2.95. The molecule has 0 saturated heterocycles. The van der Waals surface area contributed by atoms with E-state index in [0.29, 0.717) is 13.1 Å². The van der Waals surface area contributed by atoms with E-state index >= 15 is 0 Å². The summed E-state index contributed by atoms with van der Waals surface area (Å²) in [5.41, 5.74) is 15.6. The summed E-state index contributed by atoms with van der Waals surface area (Å²) in [6, 6.07) is 16.1. The molecule has 9 nitrogen and oxygen atoms in total. The Bertz CT molecular complexity index is 915. The predicted molar refractivity (Wildman–Crippen MR) is 114 cm³/mol. The van der Waals surface area contributed by atoms with Gasteiger partial charge in [0, 0.05) is 18.7 Å². The number of nitrogens with two attached hydrogens (primary N) is 2. The summed E-state index contributed by atoms with van der Waals surface area (Å²) in [5, 5.41) is 28.6. The summed E-state index contributed by atoms with van der Waals surface area (Å²) in [7, 11) is 0. The zero-order valence-corrected chi connectivity index (χ0v) is 16.0. The minimum absolute atomic E-state index is 0.0246. The monoisotopic (exact) mass is 391 g/mol. The van der Waals surface area contributed by atoms with Gasteiger partial charge in [0.25, 0.3) is 0 Å². The van der Waals surface area contributed by atoms with Crippen molar-refractivity contribution in [2.45, 2.75) is 12.8 Å². The van der Waals surface area contributed by atoms with Crippen molar-refractivity contribution in [1.82, 2.24) is 25.6 Å². The van der Waals surface area contributed by atoms with Crippen LogP contribution in [0.25, 0.3) is 16.9 Å². The van der Waals surface area contributed by atoms with Crippen molar-refractivity contribution in [3.05, 3.63) is 65.9 Å². The van der Waals surface area contributed by atoms with Crippen molar-refractivity contribution < 1.29 is 0 Å². The Labute approximate surface area is 169 Å². The second-order valence-electron chi connectivity index (χ2n) is 6.60. The van der Waals surface area contributed by atoms with Crippen LogP contribution in [0.1, 0.15) is 11.1 Å². The molecule has 29 heavy (non-hydrogen) atoms. The number of nitrogens with one attached hydrogen (secondary N) is 4. The van der Waals surface area contributed by atoms with Crippen LogP contribution in [0.15, 0.2) is 54.7 Å². The largest absolute Gasteiger partial charge is 0.370 e. The van der Waals surface area contributed by atoms with Gasteiger partial charge in [-0.25, -0.2) is 4.68 Å². The van der Waals surface area contributed by atoms with Crippen molar-refractivity contribution in [2.75, 3.05) is 13.1 Å². The van der Waals surface area contributed by atoms with Crippen molar-refractivity contribution in [3.63, 3.8) is 0 Å². The van der Waals surface area contributed by atoms with Crippen LogP contribution in [0.4, 0.5) is 0 Å². The molecule has 3 rings (SSSR count). The van der Waals surface area contributed by atoms with E-state index < -0.39 is 0 Å². The molecule has 0 aliphatic rings. The van der Waals surface area contributed by atoms with Crippen molar-refractivity contribution in [3.8, 4) is 16.9 Å². The van der Waals surface area contributed by atoms with E-state index in [1.165, 1.54) is 0 Å². The van der Waals surface area contributed by atoms with Crippen molar-refractivity contribution in [1.29, 1.82) is 10.8 Å². The molecular formula is C20H25N9. The third kappa shape index (κ3) is 5.80. The maximum atomic E-state index is 7.22. The van der Waals surface area contributed by atoms with Crippen molar-refractivity contribution >= 4 is 11.9 Å². The molecule has 8 N–H and O–H groups in total. The minimum Gasteiger partial charge on any atom is -0.370 e. The molecule has 0 amide bonds. The first kappa shape index (κ1) is 19.9. The first-order valence-corrected chi connectivity index (χ1v) is 9.28. The van der Waals surface area contributed by atoms with Crippen molar-refractivity contribution in [2.24, 2.45) is 11.5 Å². The van der Waals surface area contributed by atoms with Crippen LogP contribution in [0.5, 0.6) is 0 Å². The molecule has 0 aliphatic heterocycles. The van der Waals surface area contributed by atoms with Crippen LogP contribution in [0, 0.1) is 10.8 Å². The number of guanidine groups is 2. The van der Waals surface area contributed by atoms with Gasteiger partial charge in [-0.1, -0.05) is 35.5 Å². The quantitative estimate of drug-likeness (QED) is 0.248. The normalized spacial score (nSPS) is 10.5. The van der Waals surface area contributed by atoms with Crippen LogP contribution in [-0.2, 0) is 12.8 Å². The number of aromatic nitrogens is 3. The van der Waals surface area contributed by atoms with Gasteiger partial charge >= 0.3 is 0 Å². The molecule has 0 bridgehead atoms. The lowest BCUT2D eigenvalue weighted by molar-refractivity contribution is 0.798. The Kier molecular flexibility index (Phi) is 6.41. The molecule has 2 aromatic carbocycles. The molecule has 1 aromatic heterocycles. The van der Waals surface area contributed by atoms with Gasteiger partial charge in [0.2, 0.25) is 0 Å². The first-order valence-electron chi connectivity index (χ1n) is 9.28. The highest BCUT2D eigenvalue weighted by atomic mass is 15.4. The van der Waals surface area contributed by atoms with Gasteiger partial charge < -0.3 is 22.1 Å². The molecule has 0 radical (unpaired) electrons. The molecular weight excluding hydrogens is 366 g/mol. The smallest absolute Gasteiger partial charge is 0.185 e. The summed E-state index contributed by atoms with van der Waals surface area (Å²) < 4.78 is 1.75. The second kappa shape index (κ2) is 9.36. The molecule has 0 unspecified atom stereocenters. The van der Waals surface area contributed by atoms with Gasteiger partial charge in [0.15, 0.2) is 11.9 Å². The fraction of sp³-hybridized carbons (Fsp3) is 0.200. The van der Waals surface area contributed by atoms with E-state index in [4.69, 9.17) is 22.3 Å². The maximum absolute atomic E-state index is 7.22. The highest BCUT2D eigenvalue weighted by molar-refractivity contribution is 5.74. The van der Waals surface area contributed by atoms with Crippen LogP contribution in [0.2, 0.25) is 0 Å². The third-order valence-electron chi connectivity index (χ3n) is 4.35. The molecule has 9 heteroatoms. The summed E-state index contributed by atoms with van der Waals surface area (Å²) >= 11 is 0. The van der Waals surface area contributed by atoms with E-state index in [2.05, 4.69) is 27.0 Å². The minimum atomic E-state index is -0.0265. The SMILES string of the molecule is N=C(N)NCCc1cccc(-c2cn(-c3cccc(CCNC(=N)N)c3)nn2)c1. The van der Waals surface area contributed by atoms with E-state index in [-0.39, 0.29) is 11.9 Å². The molecule has 0 saturated carbocycles. The second-order valence-corrected chi connectivity index (χ2v) is 6.60. The van der Waals surface area contributed by atoms with E-state index in [1.54, 1.807) is 4.68 Å². The average Bonchev–Trinajstić information content (AvgIpc) is 3.18. The molecule has 0 fully saturated rings. The molecule has 0 spiro atoms. The van der Waals surface area contributed by atoms with E-state index in [1.807, 2.05) is 48.7 Å². The Morgan fingerprint density at radius 2 is 1.52 bits per heavy atom. The maximum Gasteiger partial charge on any atom is 0.185 e. The van der Waals surface area contributed by atoms with Gasteiger partial charge in [-0.3, -0.25) is 10.8 Å². The van der Waals surface area contributed by atoms with Crippen LogP contribution in [-0.4, -0.2) is 40.0 Å². The number of benzene rings is 2. The zero-order valence-electron chi connectivity index (χ0n) is 16.0. The Morgan fingerprint density at radius 3 is 2.17 bits per heavy atom. The van der Waals surface area contributed by atoms with E-state index in [9.17, 15) is 0 Å². The third-order valence-corrected chi connectivity index (χ3v) is 4.35. The van der Waals surface area contributed by atoms with Crippen LogP contribution in [0.3, 0.4) is 0 Å². The van der Waals surface area contributed by atoms with Crippen LogP contribution >= 0.6 is 0 Å². The summed E-state index contributed by atoms with van der Waals surface area (Å²) in [6.07, 6.45) is 3.42. The average molecular weight is 391 g/mol. The molecule has 150 valence electrons. The Hall–Kier alpha value is -3.88. The molecule has 0 atom stereocenters. The Morgan fingerprint density at radius 1 is 0.897 bits per heavy atom. The summed E-state index contributed by atoms with van der Waals surface area (Å²) in [4.78, 5) is 0. The number of hydrogen-bond donors (Lipinski definition) is 6. The number of nitrogens with zero attached hydrogens (tertiary/aromatic N) is 3. The molecule has 0 aliphatic carbocycles. The zero-order chi connectivity index (χ0) is 20.6. The molecule has 1 heterocycles. The van der Waals surface area contributed by atoms with E-state index in [0.717, 1.165) is 40.9 Å². The highest BCUT2D eigenvalue weighted by Crippen LogP contribution is 2.20. The van der Waals surface area contributed by atoms with Gasteiger partial charge in [0.1, 0.15) is 5.69 Å². The van der Waals surface area contributed by atoms with Gasteiger partial charge in [-0.15, -0.1) is 5.10 Å². The highest BCUT2D eigenvalue weighted by Gasteiger charge is 2.07. The topological polar surface area (TPSA) is 155 Å². The van der Waals surface area contributed by atoms with Gasteiger partial charge in [-0.05, 0) is 42.2 Å². The number of rotatable bonds is 8. The Balaban J connectivity index is 1.71. The standard InChI is InChI=1S/C20H25N9/c21-19(22)25-9-7-14-3-1-5-16(11-14)18-13-29(28-27-18)17-6-2-4-15(12-17)8-10-26-20(23)24/h1-6,11-13H,7-10H2,(H4,21,22,25)(H4,23,24,26). The lowest BCUT2D eigenvalue weighted by Crippen LogP contribution is -2.31. The van der Waals surface area contributed by atoms with Gasteiger partial charge in [0.05, 0.1) is 11.9 Å². The van der Waals surface area contributed by atoms with Gasteiger partial charge in [-0.2, -0.15) is 0 Å².